The first-order chi connectivity index (χ1) is 15.6. The molecule has 0 aliphatic rings. The molecule has 3 aromatic heterocycles. The normalized spacial score (nSPS) is 10.9. The van der Waals surface area contributed by atoms with E-state index in [4.69, 9.17) is 0 Å². The molecule has 5 rings (SSSR count). The van der Waals surface area contributed by atoms with Crippen LogP contribution in [0.15, 0.2) is 85.6 Å². The number of anilines is 3. The van der Waals surface area contributed by atoms with E-state index in [1.807, 2.05) is 89.1 Å². The van der Waals surface area contributed by atoms with Crippen molar-refractivity contribution in [2.45, 2.75) is 13.5 Å². The van der Waals surface area contributed by atoms with E-state index in [-0.39, 0.29) is 12.5 Å². The lowest BCUT2D eigenvalue weighted by molar-refractivity contribution is -0.116. The molecule has 2 aromatic carbocycles. The van der Waals surface area contributed by atoms with Gasteiger partial charge < -0.3 is 15.2 Å². The van der Waals surface area contributed by atoms with Gasteiger partial charge in [0.05, 0.1) is 0 Å². The number of benzene rings is 2. The van der Waals surface area contributed by atoms with Crippen molar-refractivity contribution in [3.05, 3.63) is 91.4 Å². The van der Waals surface area contributed by atoms with E-state index in [9.17, 15) is 4.79 Å². The van der Waals surface area contributed by atoms with Crippen molar-refractivity contribution < 1.29 is 4.79 Å². The summed E-state index contributed by atoms with van der Waals surface area (Å²) in [6, 6.07) is 19.4. The highest BCUT2D eigenvalue weighted by atomic mass is 16.1. The Hall–Kier alpha value is -4.46. The summed E-state index contributed by atoms with van der Waals surface area (Å²) in [5.74, 6) is 1.99. The van der Waals surface area contributed by atoms with E-state index >= 15 is 0 Å². The number of aryl methyl sites for hydroxylation is 1. The molecular weight excluding hydrogens is 402 g/mol. The van der Waals surface area contributed by atoms with Gasteiger partial charge in [0.15, 0.2) is 0 Å². The molecule has 32 heavy (non-hydrogen) atoms. The number of amides is 1. The number of fused-ring (bicyclic) bond motifs is 1. The smallest absolute Gasteiger partial charge is 0.244 e. The molecule has 8 heteroatoms. The molecule has 0 atom stereocenters. The van der Waals surface area contributed by atoms with Crippen LogP contribution in [0, 0.1) is 6.92 Å². The van der Waals surface area contributed by atoms with Crippen LogP contribution in [0.25, 0.3) is 16.7 Å². The molecule has 0 bridgehead atoms. The van der Waals surface area contributed by atoms with Gasteiger partial charge in [-0.2, -0.15) is 0 Å². The maximum atomic E-state index is 12.5. The van der Waals surface area contributed by atoms with Crippen LogP contribution < -0.4 is 10.6 Å². The Labute approximate surface area is 184 Å². The highest BCUT2D eigenvalue weighted by Gasteiger charge is 2.08. The van der Waals surface area contributed by atoms with Crippen molar-refractivity contribution in [1.82, 2.24) is 24.1 Å². The lowest BCUT2D eigenvalue weighted by Gasteiger charge is -2.11. The highest BCUT2D eigenvalue weighted by Crippen LogP contribution is 2.20. The van der Waals surface area contributed by atoms with E-state index in [1.165, 1.54) is 0 Å². The molecule has 0 aliphatic carbocycles. The fraction of sp³-hybridized carbons (Fsp3) is 0.0833. The number of hydrogen-bond donors (Lipinski definition) is 2. The summed E-state index contributed by atoms with van der Waals surface area (Å²) < 4.78 is 3.77. The number of aromatic nitrogens is 5. The second kappa shape index (κ2) is 8.35. The minimum Gasteiger partial charge on any atom is -0.340 e. The molecule has 8 nitrogen and oxygen atoms in total. The van der Waals surface area contributed by atoms with Crippen LogP contribution in [0.4, 0.5) is 17.2 Å². The number of carbonyl (C=O) groups is 1. The number of nitrogens with zero attached hydrogens (tertiary/aromatic N) is 5. The molecule has 3 heterocycles. The minimum atomic E-state index is -0.0801. The van der Waals surface area contributed by atoms with Gasteiger partial charge in [0, 0.05) is 41.5 Å². The van der Waals surface area contributed by atoms with Crippen LogP contribution in [-0.4, -0.2) is 30.0 Å². The number of imidazole rings is 1. The van der Waals surface area contributed by atoms with E-state index in [1.54, 1.807) is 12.5 Å². The number of carbonyl (C=O) groups excluding carboxylic acids is 1. The quantitative estimate of drug-likeness (QED) is 0.425. The fourth-order valence-electron chi connectivity index (χ4n) is 3.56. The summed E-state index contributed by atoms with van der Waals surface area (Å²) in [7, 11) is 0. The molecule has 2 N–H and O–H groups in total. The zero-order chi connectivity index (χ0) is 21.9. The Morgan fingerprint density at radius 2 is 1.78 bits per heavy atom. The highest BCUT2D eigenvalue weighted by molar-refractivity contribution is 5.92. The van der Waals surface area contributed by atoms with Crippen LogP contribution in [0.1, 0.15) is 5.82 Å². The monoisotopic (exact) mass is 423 g/mol. The summed E-state index contributed by atoms with van der Waals surface area (Å²) >= 11 is 0. The Morgan fingerprint density at radius 1 is 0.969 bits per heavy atom. The average Bonchev–Trinajstić information content (AvgIpc) is 3.46. The lowest BCUT2D eigenvalue weighted by Crippen LogP contribution is -2.18. The molecule has 158 valence electrons. The molecule has 0 radical (unpaired) electrons. The number of para-hydroxylation sites is 1. The van der Waals surface area contributed by atoms with Crippen LogP contribution in [0.3, 0.4) is 0 Å². The fourth-order valence-corrected chi connectivity index (χ4v) is 3.56. The lowest BCUT2D eigenvalue weighted by atomic mass is 10.2. The SMILES string of the molecule is Cc1nc(Nc2ccc(NC(=O)Cn3ccc4ccccc43)cc2)cc(-n2ccnc2)n1. The molecular formula is C24H21N7O. The molecule has 0 saturated heterocycles. The number of hydrogen-bond acceptors (Lipinski definition) is 5. The second-order valence-corrected chi connectivity index (χ2v) is 7.38. The Kier molecular flexibility index (Phi) is 5.09. The summed E-state index contributed by atoms with van der Waals surface area (Å²) in [4.78, 5) is 25.5. The van der Waals surface area contributed by atoms with Crippen molar-refractivity contribution >= 4 is 34.0 Å². The molecule has 5 aromatic rings. The third-order valence-electron chi connectivity index (χ3n) is 5.03. The van der Waals surface area contributed by atoms with E-state index < -0.39 is 0 Å². The van der Waals surface area contributed by atoms with Crippen LogP contribution in [0.5, 0.6) is 0 Å². The predicted molar refractivity (Wildman–Crippen MR) is 124 cm³/mol. The zero-order valence-corrected chi connectivity index (χ0v) is 17.4. The minimum absolute atomic E-state index is 0.0801. The maximum absolute atomic E-state index is 12.5. The molecule has 0 saturated carbocycles. The van der Waals surface area contributed by atoms with Gasteiger partial charge in [0.1, 0.15) is 30.3 Å². The van der Waals surface area contributed by atoms with Gasteiger partial charge in [0.25, 0.3) is 0 Å². The largest absolute Gasteiger partial charge is 0.340 e. The van der Waals surface area contributed by atoms with E-state index in [0.29, 0.717) is 11.6 Å². The van der Waals surface area contributed by atoms with Crippen LogP contribution >= 0.6 is 0 Å². The first kappa shape index (κ1) is 19.5. The summed E-state index contributed by atoms with van der Waals surface area (Å²) in [5, 5.41) is 7.35. The third-order valence-corrected chi connectivity index (χ3v) is 5.03. The van der Waals surface area contributed by atoms with Gasteiger partial charge in [-0.3, -0.25) is 9.36 Å². The third kappa shape index (κ3) is 4.20. The van der Waals surface area contributed by atoms with Gasteiger partial charge in [-0.25, -0.2) is 15.0 Å². The molecule has 1 amide bonds. The Balaban J connectivity index is 1.25. The maximum Gasteiger partial charge on any atom is 0.244 e. The number of rotatable bonds is 6. The van der Waals surface area contributed by atoms with Gasteiger partial charge >= 0.3 is 0 Å². The topological polar surface area (TPSA) is 89.7 Å². The van der Waals surface area contributed by atoms with Crippen LogP contribution in [0.2, 0.25) is 0 Å². The molecule has 0 aliphatic heterocycles. The van der Waals surface area contributed by atoms with Crippen LogP contribution in [-0.2, 0) is 11.3 Å². The van der Waals surface area contributed by atoms with Gasteiger partial charge in [0.2, 0.25) is 5.91 Å². The van der Waals surface area contributed by atoms with Gasteiger partial charge in [-0.05, 0) is 48.7 Å². The van der Waals surface area contributed by atoms with Crippen molar-refractivity contribution in [2.75, 3.05) is 10.6 Å². The second-order valence-electron chi connectivity index (χ2n) is 7.38. The molecule has 0 fully saturated rings. The molecule has 0 spiro atoms. The first-order valence-corrected chi connectivity index (χ1v) is 10.2. The van der Waals surface area contributed by atoms with E-state index in [2.05, 4.69) is 25.6 Å². The summed E-state index contributed by atoms with van der Waals surface area (Å²) in [6.07, 6.45) is 7.16. The van der Waals surface area contributed by atoms with E-state index in [0.717, 1.165) is 28.1 Å². The Bertz CT molecular complexity index is 1370. The summed E-state index contributed by atoms with van der Waals surface area (Å²) in [5.41, 5.74) is 2.63. The predicted octanol–water partition coefficient (Wildman–Crippen LogP) is 4.31. The van der Waals surface area contributed by atoms with Crippen molar-refractivity contribution in [1.29, 1.82) is 0 Å². The van der Waals surface area contributed by atoms with Gasteiger partial charge in [-0.1, -0.05) is 18.2 Å². The molecule has 0 unspecified atom stereocenters. The van der Waals surface area contributed by atoms with Crippen molar-refractivity contribution in [3.63, 3.8) is 0 Å². The summed E-state index contributed by atoms with van der Waals surface area (Å²) in [6.45, 7) is 2.10. The Morgan fingerprint density at radius 3 is 2.59 bits per heavy atom. The first-order valence-electron chi connectivity index (χ1n) is 10.2. The van der Waals surface area contributed by atoms with Crippen molar-refractivity contribution in [2.24, 2.45) is 0 Å². The average molecular weight is 423 g/mol. The van der Waals surface area contributed by atoms with Gasteiger partial charge in [-0.15, -0.1) is 0 Å². The van der Waals surface area contributed by atoms with Crippen molar-refractivity contribution in [3.8, 4) is 5.82 Å². The zero-order valence-electron chi connectivity index (χ0n) is 17.4. The number of nitrogens with one attached hydrogen (secondary N) is 2. The standard InChI is InChI=1S/C24H21N7O/c1-17-26-22(14-23(27-17)31-13-11-25-16-31)28-19-6-8-20(9-7-19)29-24(32)15-30-12-10-18-4-2-3-5-21(18)30/h2-14,16H,15H2,1H3,(H,29,32)(H,26,27,28).